The van der Waals surface area contributed by atoms with Gasteiger partial charge in [0.2, 0.25) is 6.08 Å². The van der Waals surface area contributed by atoms with Gasteiger partial charge in [0.15, 0.2) is 0 Å². The summed E-state index contributed by atoms with van der Waals surface area (Å²) in [5.41, 5.74) is 0.813. The van der Waals surface area contributed by atoms with E-state index in [1.807, 2.05) is 13.8 Å². The van der Waals surface area contributed by atoms with Gasteiger partial charge in [-0.2, -0.15) is 4.99 Å². The number of benzene rings is 1. The fraction of sp³-hybridized carbons (Fsp3) is 0.417. The van der Waals surface area contributed by atoms with E-state index in [0.717, 1.165) is 5.56 Å². The van der Waals surface area contributed by atoms with Crippen molar-refractivity contribution in [2.24, 2.45) is 10.9 Å². The Morgan fingerprint density at radius 2 is 2.12 bits per heavy atom. The number of nitrogens with zero attached hydrogens (tertiary/aromatic N) is 1. The van der Waals surface area contributed by atoms with E-state index in [4.69, 9.17) is 16.3 Å². The van der Waals surface area contributed by atoms with E-state index in [0.29, 0.717) is 10.8 Å². The van der Waals surface area contributed by atoms with Gasteiger partial charge in [0.1, 0.15) is 5.75 Å². The van der Waals surface area contributed by atoms with E-state index in [2.05, 4.69) is 4.99 Å². The molecule has 1 aromatic carbocycles. The number of ether oxygens (including phenoxy) is 1. The van der Waals surface area contributed by atoms with Gasteiger partial charge in [-0.15, -0.1) is 0 Å². The van der Waals surface area contributed by atoms with Gasteiger partial charge in [-0.1, -0.05) is 25.4 Å². The van der Waals surface area contributed by atoms with Crippen LogP contribution in [-0.2, 0) is 4.79 Å². The molecule has 1 atom stereocenters. The molecule has 0 amide bonds. The van der Waals surface area contributed by atoms with Crippen molar-refractivity contribution in [1.82, 2.24) is 0 Å². The van der Waals surface area contributed by atoms with Crippen LogP contribution in [-0.4, -0.2) is 13.2 Å². The molecule has 16 heavy (non-hydrogen) atoms. The normalized spacial score (nSPS) is 12.1. The second kappa shape index (κ2) is 5.69. The molecule has 1 rings (SSSR count). The molecule has 0 radical (unpaired) electrons. The average Bonchev–Trinajstić information content (AvgIpc) is 2.25. The Labute approximate surface area is 100 Å². The molecule has 1 unspecified atom stereocenters. The maximum absolute atomic E-state index is 10.4. The quantitative estimate of drug-likeness (QED) is 0.597. The van der Waals surface area contributed by atoms with Crippen LogP contribution in [0.5, 0.6) is 5.75 Å². The maximum atomic E-state index is 10.4. The minimum Gasteiger partial charge on any atom is -0.496 e. The van der Waals surface area contributed by atoms with E-state index in [1.165, 1.54) is 0 Å². The summed E-state index contributed by atoms with van der Waals surface area (Å²) in [5, 5.41) is 0.600. The summed E-state index contributed by atoms with van der Waals surface area (Å²) in [5.74, 6) is 0.857. The molecular formula is C12H14ClNO2. The molecule has 0 saturated carbocycles. The Morgan fingerprint density at radius 3 is 2.62 bits per heavy atom. The van der Waals surface area contributed by atoms with E-state index in [1.54, 1.807) is 31.4 Å². The molecule has 86 valence electrons. The summed E-state index contributed by atoms with van der Waals surface area (Å²) >= 11 is 5.93. The number of methoxy groups -OCH3 is 1. The summed E-state index contributed by atoms with van der Waals surface area (Å²) in [6, 6.07) is 5.01. The van der Waals surface area contributed by atoms with Gasteiger partial charge in [0.05, 0.1) is 13.2 Å². The summed E-state index contributed by atoms with van der Waals surface area (Å²) in [7, 11) is 1.58. The lowest BCUT2D eigenvalue weighted by Gasteiger charge is -2.18. The molecule has 4 heteroatoms. The van der Waals surface area contributed by atoms with Gasteiger partial charge in [-0.25, -0.2) is 4.79 Å². The number of halogens is 1. The first-order valence-corrected chi connectivity index (χ1v) is 5.38. The SMILES string of the molecule is COc1ccc(Cl)cc1C(N=C=O)C(C)C. The van der Waals surface area contributed by atoms with Crippen LogP contribution in [0.25, 0.3) is 0 Å². The standard InChI is InChI=1S/C12H14ClNO2/c1-8(2)12(14-7-15)10-6-9(13)4-5-11(10)16-3/h4-6,8,12H,1-3H3. The molecule has 0 bridgehead atoms. The molecule has 0 N–H and O–H groups in total. The van der Waals surface area contributed by atoms with Gasteiger partial charge >= 0.3 is 0 Å². The summed E-state index contributed by atoms with van der Waals surface area (Å²) in [4.78, 5) is 14.2. The van der Waals surface area contributed by atoms with Crippen molar-refractivity contribution < 1.29 is 9.53 Å². The Hall–Kier alpha value is -1.31. The van der Waals surface area contributed by atoms with Crippen molar-refractivity contribution in [3.63, 3.8) is 0 Å². The van der Waals surface area contributed by atoms with Crippen LogP contribution in [0.3, 0.4) is 0 Å². The summed E-state index contributed by atoms with van der Waals surface area (Å²) in [6.07, 6.45) is 1.59. The highest BCUT2D eigenvalue weighted by atomic mass is 35.5. The van der Waals surface area contributed by atoms with E-state index < -0.39 is 0 Å². The van der Waals surface area contributed by atoms with Crippen molar-refractivity contribution in [2.45, 2.75) is 19.9 Å². The number of isocyanates is 1. The van der Waals surface area contributed by atoms with E-state index in [9.17, 15) is 4.79 Å². The monoisotopic (exact) mass is 239 g/mol. The van der Waals surface area contributed by atoms with E-state index in [-0.39, 0.29) is 12.0 Å². The van der Waals surface area contributed by atoms with Gasteiger partial charge in [-0.05, 0) is 24.1 Å². The third-order valence-corrected chi connectivity index (χ3v) is 2.57. The molecule has 0 spiro atoms. The summed E-state index contributed by atoms with van der Waals surface area (Å²) < 4.78 is 5.23. The predicted molar refractivity (Wildman–Crippen MR) is 63.7 cm³/mol. The first-order chi connectivity index (χ1) is 7.60. The molecule has 3 nitrogen and oxygen atoms in total. The highest BCUT2D eigenvalue weighted by molar-refractivity contribution is 6.30. The molecule has 0 fully saturated rings. The molecular weight excluding hydrogens is 226 g/mol. The minimum atomic E-state index is -0.272. The van der Waals surface area contributed by atoms with Crippen LogP contribution in [0.1, 0.15) is 25.5 Å². The maximum Gasteiger partial charge on any atom is 0.235 e. The van der Waals surface area contributed by atoms with Crippen molar-refractivity contribution in [1.29, 1.82) is 0 Å². The smallest absolute Gasteiger partial charge is 0.235 e. The number of rotatable bonds is 4. The fourth-order valence-electron chi connectivity index (χ4n) is 1.57. The molecule has 0 aliphatic heterocycles. The average molecular weight is 240 g/mol. The van der Waals surface area contributed by atoms with Gasteiger partial charge in [0, 0.05) is 10.6 Å². The Kier molecular flexibility index (Phi) is 4.53. The van der Waals surface area contributed by atoms with Crippen LogP contribution < -0.4 is 4.74 Å². The van der Waals surface area contributed by atoms with Gasteiger partial charge in [0.25, 0.3) is 0 Å². The minimum absolute atomic E-state index is 0.175. The van der Waals surface area contributed by atoms with Crippen molar-refractivity contribution in [3.8, 4) is 5.75 Å². The number of carbonyl (C=O) groups excluding carboxylic acids is 1. The lowest BCUT2D eigenvalue weighted by Crippen LogP contribution is -2.06. The zero-order valence-electron chi connectivity index (χ0n) is 9.53. The zero-order valence-corrected chi connectivity index (χ0v) is 10.3. The lowest BCUT2D eigenvalue weighted by atomic mass is 9.96. The molecule has 1 aromatic rings. The van der Waals surface area contributed by atoms with Crippen LogP contribution in [0.4, 0.5) is 0 Å². The Morgan fingerprint density at radius 1 is 1.44 bits per heavy atom. The van der Waals surface area contributed by atoms with Crippen LogP contribution in [0.2, 0.25) is 5.02 Å². The largest absolute Gasteiger partial charge is 0.496 e. The first-order valence-electron chi connectivity index (χ1n) is 5.00. The van der Waals surface area contributed by atoms with Crippen LogP contribution in [0.15, 0.2) is 23.2 Å². The Bertz CT molecular complexity index is 411. The molecule has 0 aliphatic rings. The van der Waals surface area contributed by atoms with Crippen LogP contribution in [0, 0.1) is 5.92 Å². The summed E-state index contributed by atoms with van der Waals surface area (Å²) in [6.45, 7) is 3.96. The highest BCUT2D eigenvalue weighted by Gasteiger charge is 2.19. The number of aliphatic imine (C=N–C) groups is 1. The second-order valence-corrected chi connectivity index (χ2v) is 4.23. The first kappa shape index (κ1) is 12.8. The molecule has 0 heterocycles. The third-order valence-electron chi connectivity index (χ3n) is 2.33. The van der Waals surface area contributed by atoms with Crippen LogP contribution >= 0.6 is 11.6 Å². The lowest BCUT2D eigenvalue weighted by molar-refractivity contribution is 0.396. The molecule has 0 aliphatic carbocycles. The van der Waals surface area contributed by atoms with E-state index >= 15 is 0 Å². The number of hydrogen-bond donors (Lipinski definition) is 0. The van der Waals surface area contributed by atoms with Gasteiger partial charge < -0.3 is 4.74 Å². The third kappa shape index (κ3) is 2.84. The van der Waals surface area contributed by atoms with Crippen molar-refractivity contribution in [3.05, 3.63) is 28.8 Å². The topological polar surface area (TPSA) is 38.7 Å². The number of hydrogen-bond acceptors (Lipinski definition) is 3. The molecule has 0 saturated heterocycles. The van der Waals surface area contributed by atoms with Crippen molar-refractivity contribution >= 4 is 17.7 Å². The highest BCUT2D eigenvalue weighted by Crippen LogP contribution is 2.34. The van der Waals surface area contributed by atoms with Crippen molar-refractivity contribution in [2.75, 3.05) is 7.11 Å². The second-order valence-electron chi connectivity index (χ2n) is 3.80. The van der Waals surface area contributed by atoms with Gasteiger partial charge in [-0.3, -0.25) is 0 Å². The predicted octanol–water partition coefficient (Wildman–Crippen LogP) is 3.38. The zero-order chi connectivity index (χ0) is 12.1. The Balaban J connectivity index is 3.26. The fourth-order valence-corrected chi connectivity index (χ4v) is 1.75. The molecule has 0 aromatic heterocycles.